The summed E-state index contributed by atoms with van der Waals surface area (Å²) in [6.45, 7) is -1.31. The molecule has 3 rings (SSSR count). The number of anilines is 1. The van der Waals surface area contributed by atoms with Crippen LogP contribution in [0.4, 0.5) is 23.1 Å². The minimum absolute atomic E-state index is 0.153. The SMILES string of the molecule is O=C(Nc1nnc(-c2ccccc2)s1)C1CCN(C(=O)OCC(F)(F)F)CC1. The zero-order valence-electron chi connectivity index (χ0n) is 14.6. The summed E-state index contributed by atoms with van der Waals surface area (Å²) in [7, 11) is 0. The lowest BCUT2D eigenvalue weighted by atomic mass is 9.96. The molecular formula is C17H17F3N4O3S. The lowest BCUT2D eigenvalue weighted by Gasteiger charge is -2.30. The third-order valence-electron chi connectivity index (χ3n) is 4.16. The van der Waals surface area contributed by atoms with Crippen molar-refractivity contribution in [1.82, 2.24) is 15.1 Å². The number of benzene rings is 1. The number of likely N-dealkylation sites (tertiary alicyclic amines) is 1. The number of nitrogens with one attached hydrogen (secondary N) is 1. The Morgan fingerprint density at radius 1 is 1.18 bits per heavy atom. The highest BCUT2D eigenvalue weighted by Crippen LogP contribution is 2.27. The fourth-order valence-electron chi connectivity index (χ4n) is 2.74. The maximum atomic E-state index is 12.4. The van der Waals surface area contributed by atoms with Crippen molar-refractivity contribution in [1.29, 1.82) is 0 Å². The van der Waals surface area contributed by atoms with E-state index in [-0.39, 0.29) is 24.9 Å². The molecule has 1 N–H and O–H groups in total. The molecule has 1 saturated heterocycles. The van der Waals surface area contributed by atoms with Crippen LogP contribution in [0.5, 0.6) is 0 Å². The van der Waals surface area contributed by atoms with Gasteiger partial charge in [0, 0.05) is 24.6 Å². The Hall–Kier alpha value is -2.69. The van der Waals surface area contributed by atoms with E-state index >= 15 is 0 Å². The molecule has 11 heteroatoms. The number of hydrogen-bond donors (Lipinski definition) is 1. The molecule has 2 heterocycles. The second kappa shape index (κ2) is 8.55. The van der Waals surface area contributed by atoms with Crippen molar-refractivity contribution in [3.8, 4) is 10.6 Å². The van der Waals surface area contributed by atoms with Gasteiger partial charge in [-0.2, -0.15) is 13.2 Å². The van der Waals surface area contributed by atoms with Gasteiger partial charge in [-0.1, -0.05) is 41.7 Å². The number of amides is 2. The fraction of sp³-hybridized carbons (Fsp3) is 0.412. The Morgan fingerprint density at radius 2 is 1.86 bits per heavy atom. The summed E-state index contributed by atoms with van der Waals surface area (Å²) in [4.78, 5) is 25.2. The quantitative estimate of drug-likeness (QED) is 0.827. The summed E-state index contributed by atoms with van der Waals surface area (Å²) in [6, 6.07) is 9.42. The van der Waals surface area contributed by atoms with Crippen LogP contribution in [0.1, 0.15) is 12.8 Å². The van der Waals surface area contributed by atoms with Crippen molar-refractivity contribution >= 4 is 28.5 Å². The molecule has 28 heavy (non-hydrogen) atoms. The number of piperidine rings is 1. The number of ether oxygens (including phenoxy) is 1. The summed E-state index contributed by atoms with van der Waals surface area (Å²) in [5, 5.41) is 11.8. The first-order valence-electron chi connectivity index (χ1n) is 8.50. The fourth-order valence-corrected chi connectivity index (χ4v) is 3.49. The first kappa shape index (κ1) is 20.1. The standard InChI is InChI=1S/C17H17F3N4O3S/c18-17(19,20)10-27-16(26)24-8-6-11(7-9-24)13(25)21-15-23-22-14(28-15)12-4-2-1-3-5-12/h1-5,11H,6-10H2,(H,21,23,25). The number of aromatic nitrogens is 2. The molecular weight excluding hydrogens is 397 g/mol. The van der Waals surface area contributed by atoms with Crippen LogP contribution >= 0.6 is 11.3 Å². The molecule has 1 aliphatic heterocycles. The zero-order valence-corrected chi connectivity index (χ0v) is 15.4. The minimum atomic E-state index is -4.56. The maximum Gasteiger partial charge on any atom is 0.422 e. The molecule has 0 radical (unpaired) electrons. The largest absolute Gasteiger partial charge is 0.440 e. The van der Waals surface area contributed by atoms with E-state index in [1.54, 1.807) is 0 Å². The highest BCUT2D eigenvalue weighted by molar-refractivity contribution is 7.18. The van der Waals surface area contributed by atoms with Gasteiger partial charge in [-0.25, -0.2) is 4.79 Å². The van der Waals surface area contributed by atoms with Gasteiger partial charge >= 0.3 is 12.3 Å². The average molecular weight is 414 g/mol. The first-order chi connectivity index (χ1) is 13.3. The van der Waals surface area contributed by atoms with Crippen molar-refractivity contribution in [2.24, 2.45) is 5.92 Å². The summed E-state index contributed by atoms with van der Waals surface area (Å²) < 4.78 is 40.6. The topological polar surface area (TPSA) is 84.4 Å². The predicted octanol–water partition coefficient (Wildman–Crippen LogP) is 3.55. The number of rotatable bonds is 4. The smallest absolute Gasteiger partial charge is 0.422 e. The van der Waals surface area contributed by atoms with E-state index in [0.29, 0.717) is 23.0 Å². The van der Waals surface area contributed by atoms with Crippen molar-refractivity contribution in [3.05, 3.63) is 30.3 Å². The van der Waals surface area contributed by atoms with E-state index < -0.39 is 18.9 Å². The van der Waals surface area contributed by atoms with E-state index in [1.807, 2.05) is 30.3 Å². The van der Waals surface area contributed by atoms with E-state index in [2.05, 4.69) is 20.3 Å². The number of hydrogen-bond acceptors (Lipinski definition) is 6. The normalized spacial score (nSPS) is 15.3. The summed E-state index contributed by atoms with van der Waals surface area (Å²) >= 11 is 1.25. The molecule has 0 unspecified atom stereocenters. The van der Waals surface area contributed by atoms with Gasteiger partial charge in [0.2, 0.25) is 11.0 Å². The van der Waals surface area contributed by atoms with Gasteiger partial charge in [0.25, 0.3) is 0 Å². The highest BCUT2D eigenvalue weighted by atomic mass is 32.1. The van der Waals surface area contributed by atoms with Gasteiger partial charge in [-0.3, -0.25) is 4.79 Å². The Labute approximate surface area is 162 Å². The third-order valence-corrected chi connectivity index (χ3v) is 5.05. The molecule has 2 amide bonds. The zero-order chi connectivity index (χ0) is 20.1. The van der Waals surface area contributed by atoms with Gasteiger partial charge < -0.3 is 15.0 Å². The number of nitrogens with zero attached hydrogens (tertiary/aromatic N) is 3. The van der Waals surface area contributed by atoms with Crippen molar-refractivity contribution in [2.75, 3.05) is 25.0 Å². The van der Waals surface area contributed by atoms with Crippen LogP contribution in [0.15, 0.2) is 30.3 Å². The van der Waals surface area contributed by atoms with Gasteiger partial charge in [0.1, 0.15) is 5.01 Å². The molecule has 1 aromatic heterocycles. The van der Waals surface area contributed by atoms with Crippen molar-refractivity contribution < 1.29 is 27.5 Å². The van der Waals surface area contributed by atoms with Crippen LogP contribution < -0.4 is 5.32 Å². The number of carbonyl (C=O) groups excluding carboxylic acids is 2. The Balaban J connectivity index is 1.48. The van der Waals surface area contributed by atoms with Gasteiger partial charge in [0.05, 0.1) is 0 Å². The number of halogens is 3. The van der Waals surface area contributed by atoms with E-state index in [0.717, 1.165) is 5.56 Å². The van der Waals surface area contributed by atoms with Crippen LogP contribution in [0, 0.1) is 5.92 Å². The lowest BCUT2D eigenvalue weighted by Crippen LogP contribution is -2.42. The van der Waals surface area contributed by atoms with Crippen molar-refractivity contribution in [3.63, 3.8) is 0 Å². The highest BCUT2D eigenvalue weighted by Gasteiger charge is 2.33. The van der Waals surface area contributed by atoms with Crippen LogP contribution in [-0.4, -0.2) is 53.0 Å². The monoisotopic (exact) mass is 414 g/mol. The molecule has 1 aliphatic rings. The molecule has 0 bridgehead atoms. The van der Waals surface area contributed by atoms with Crippen LogP contribution in [0.2, 0.25) is 0 Å². The Kier molecular flexibility index (Phi) is 6.12. The molecule has 1 fully saturated rings. The van der Waals surface area contributed by atoms with Gasteiger partial charge in [0.15, 0.2) is 6.61 Å². The molecule has 2 aromatic rings. The molecule has 150 valence electrons. The van der Waals surface area contributed by atoms with Crippen molar-refractivity contribution in [2.45, 2.75) is 19.0 Å². The van der Waals surface area contributed by atoms with Crippen LogP contribution in [0.25, 0.3) is 10.6 Å². The van der Waals surface area contributed by atoms with E-state index in [4.69, 9.17) is 0 Å². The maximum absolute atomic E-state index is 12.4. The Bertz CT molecular complexity index is 821. The second-order valence-corrected chi connectivity index (χ2v) is 7.18. The number of alkyl halides is 3. The van der Waals surface area contributed by atoms with Gasteiger partial charge in [-0.05, 0) is 12.8 Å². The van der Waals surface area contributed by atoms with E-state index in [1.165, 1.54) is 16.2 Å². The summed E-state index contributed by atoms with van der Waals surface area (Å²) in [6.07, 6.45) is -4.92. The van der Waals surface area contributed by atoms with Crippen LogP contribution in [0.3, 0.4) is 0 Å². The van der Waals surface area contributed by atoms with Crippen LogP contribution in [-0.2, 0) is 9.53 Å². The minimum Gasteiger partial charge on any atom is -0.440 e. The third kappa shape index (κ3) is 5.41. The predicted molar refractivity (Wildman–Crippen MR) is 95.7 cm³/mol. The molecule has 0 spiro atoms. The second-order valence-electron chi connectivity index (χ2n) is 6.20. The number of carbonyl (C=O) groups is 2. The molecule has 1 aromatic carbocycles. The van der Waals surface area contributed by atoms with Gasteiger partial charge in [-0.15, -0.1) is 10.2 Å². The summed E-state index contributed by atoms with van der Waals surface area (Å²) in [5.74, 6) is -0.616. The van der Waals surface area contributed by atoms with E-state index in [9.17, 15) is 22.8 Å². The molecule has 0 atom stereocenters. The molecule has 7 nitrogen and oxygen atoms in total. The molecule has 0 saturated carbocycles. The average Bonchev–Trinajstić information content (AvgIpc) is 3.15. The first-order valence-corrected chi connectivity index (χ1v) is 9.32. The summed E-state index contributed by atoms with van der Waals surface area (Å²) in [5.41, 5.74) is 0.895. The molecule has 0 aliphatic carbocycles. The lowest BCUT2D eigenvalue weighted by molar-refractivity contribution is -0.162. The Morgan fingerprint density at radius 3 is 2.50 bits per heavy atom.